The minimum Gasteiger partial charge on any atom is -0.444 e. The molecule has 2 amide bonds. The van der Waals surface area contributed by atoms with Gasteiger partial charge in [-0.05, 0) is 74.1 Å². The maximum Gasteiger partial charge on any atom is 0.410 e. The molecule has 0 aromatic heterocycles. The maximum absolute atomic E-state index is 15.1. The van der Waals surface area contributed by atoms with Crippen LogP contribution in [0.1, 0.15) is 38.3 Å². The van der Waals surface area contributed by atoms with Crippen LogP contribution in [-0.4, -0.2) is 68.5 Å². The van der Waals surface area contributed by atoms with Gasteiger partial charge in [0.05, 0.1) is 23.3 Å². The highest BCUT2D eigenvalue weighted by molar-refractivity contribution is 7.91. The lowest BCUT2D eigenvalue weighted by Gasteiger charge is -2.27. The Kier molecular flexibility index (Phi) is 8.28. The Morgan fingerprint density at radius 3 is 2.64 bits per heavy atom. The normalized spacial score (nSPS) is 19.4. The highest BCUT2D eigenvalue weighted by atomic mass is 32.2. The molecule has 2 aliphatic rings. The van der Waals surface area contributed by atoms with Crippen molar-refractivity contribution in [2.45, 2.75) is 62.7 Å². The van der Waals surface area contributed by atoms with Crippen LogP contribution in [0.5, 0.6) is 0 Å². The Hall–Kier alpha value is -3.49. The molecule has 2 heterocycles. The van der Waals surface area contributed by atoms with Crippen molar-refractivity contribution >= 4 is 21.8 Å². The number of nitriles is 1. The minimum absolute atomic E-state index is 0.0238. The summed E-state index contributed by atoms with van der Waals surface area (Å²) in [5.41, 5.74) is 1.55. The molecule has 1 saturated heterocycles. The summed E-state index contributed by atoms with van der Waals surface area (Å²) < 4.78 is 50.2. The number of amides is 2. The van der Waals surface area contributed by atoms with E-state index in [0.29, 0.717) is 35.4 Å². The molecule has 2 aliphatic heterocycles. The van der Waals surface area contributed by atoms with Gasteiger partial charge < -0.3 is 19.7 Å². The van der Waals surface area contributed by atoms with Gasteiger partial charge in [-0.3, -0.25) is 4.79 Å². The van der Waals surface area contributed by atoms with E-state index < -0.39 is 45.4 Å². The van der Waals surface area contributed by atoms with Crippen molar-refractivity contribution in [3.63, 3.8) is 0 Å². The fourth-order valence-corrected chi connectivity index (χ4v) is 6.14. The molecule has 2 aromatic rings. The molecule has 2 aromatic carbocycles. The molecule has 9 nitrogen and oxygen atoms in total. The van der Waals surface area contributed by atoms with Gasteiger partial charge in [0, 0.05) is 19.6 Å². The number of nitrogens with zero attached hydrogens (tertiary/aromatic N) is 2. The Morgan fingerprint density at radius 1 is 1.23 bits per heavy atom. The minimum atomic E-state index is -3.24. The number of rotatable bonds is 5. The van der Waals surface area contributed by atoms with Gasteiger partial charge in [0.2, 0.25) is 0 Å². The zero-order valence-corrected chi connectivity index (χ0v) is 23.0. The third-order valence-corrected chi connectivity index (χ3v) is 8.35. The van der Waals surface area contributed by atoms with E-state index in [1.54, 1.807) is 51.1 Å². The molecule has 0 bridgehead atoms. The summed E-state index contributed by atoms with van der Waals surface area (Å²) in [5, 5.41) is 12.3. The first-order valence-electron chi connectivity index (χ1n) is 12.8. The Bertz CT molecular complexity index is 1410. The van der Waals surface area contributed by atoms with Crippen LogP contribution in [-0.2, 0) is 36.9 Å². The molecule has 39 heavy (non-hydrogen) atoms. The SMILES string of the molecule is CC(C)(C)OC(=O)N1CCCO[C@H](C(=O)N[C@H](C#N)Cc2ccc(-c3ccc4c(c3)CCS4(=O)=O)cc2F)C1. The largest absolute Gasteiger partial charge is 0.444 e. The number of hydrogen-bond donors (Lipinski definition) is 1. The second-order valence-corrected chi connectivity index (χ2v) is 12.8. The molecule has 0 radical (unpaired) electrons. The average molecular weight is 558 g/mol. The van der Waals surface area contributed by atoms with Gasteiger partial charge in [-0.15, -0.1) is 0 Å². The van der Waals surface area contributed by atoms with Gasteiger partial charge >= 0.3 is 6.09 Å². The van der Waals surface area contributed by atoms with E-state index in [9.17, 15) is 23.3 Å². The zero-order valence-electron chi connectivity index (χ0n) is 22.2. The first kappa shape index (κ1) is 28.5. The fourth-order valence-electron chi connectivity index (χ4n) is 4.59. The van der Waals surface area contributed by atoms with Crippen LogP contribution >= 0.6 is 0 Å². The molecule has 2 atom stereocenters. The van der Waals surface area contributed by atoms with E-state index in [1.807, 2.05) is 6.07 Å². The third-order valence-electron chi connectivity index (χ3n) is 6.54. The maximum atomic E-state index is 15.1. The topological polar surface area (TPSA) is 126 Å². The molecular formula is C28H32FN3O6S. The van der Waals surface area contributed by atoms with Gasteiger partial charge in [0.15, 0.2) is 15.9 Å². The van der Waals surface area contributed by atoms with Crippen LogP contribution in [0.2, 0.25) is 0 Å². The van der Waals surface area contributed by atoms with Crippen molar-refractivity contribution < 1.29 is 31.9 Å². The number of benzene rings is 2. The smallest absolute Gasteiger partial charge is 0.410 e. The standard InChI is InChI=1S/C28H32FN3O6S/c1-28(2,3)38-27(34)32-10-4-11-37-24(17-32)26(33)31-22(16-30)14-20-6-5-19(15-23(20)29)18-7-8-25-21(13-18)9-12-39(25,35)36/h5-8,13,15,22,24H,4,9-12,14,17H2,1-3H3,(H,31,33)/t22-,24-/m0/s1. The van der Waals surface area contributed by atoms with Gasteiger partial charge in [-0.25, -0.2) is 17.6 Å². The second kappa shape index (κ2) is 11.3. The van der Waals surface area contributed by atoms with E-state index >= 15 is 4.39 Å². The van der Waals surface area contributed by atoms with Crippen molar-refractivity contribution in [1.29, 1.82) is 5.26 Å². The molecule has 0 spiro atoms. The lowest BCUT2D eigenvalue weighted by molar-refractivity contribution is -0.133. The number of ether oxygens (including phenoxy) is 2. The van der Waals surface area contributed by atoms with Crippen LogP contribution in [0.4, 0.5) is 9.18 Å². The lowest BCUT2D eigenvalue weighted by atomic mass is 9.98. The number of carbonyl (C=O) groups excluding carboxylic acids is 2. The molecule has 1 fully saturated rings. The predicted octanol–water partition coefficient (Wildman–Crippen LogP) is 3.40. The molecule has 208 valence electrons. The second-order valence-electron chi connectivity index (χ2n) is 10.7. The molecular weight excluding hydrogens is 525 g/mol. The van der Waals surface area contributed by atoms with Crippen molar-refractivity contribution in [2.24, 2.45) is 0 Å². The third kappa shape index (κ3) is 6.94. The first-order valence-corrected chi connectivity index (χ1v) is 14.5. The number of carbonyl (C=O) groups is 2. The number of fused-ring (bicyclic) bond motifs is 1. The van der Waals surface area contributed by atoms with Crippen LogP contribution in [0.15, 0.2) is 41.3 Å². The van der Waals surface area contributed by atoms with Crippen LogP contribution in [0.25, 0.3) is 11.1 Å². The summed E-state index contributed by atoms with van der Waals surface area (Å²) in [6.45, 7) is 5.88. The number of halogens is 1. The fraction of sp³-hybridized carbons (Fsp3) is 0.464. The summed E-state index contributed by atoms with van der Waals surface area (Å²) in [6.07, 6.45) is -0.654. The number of hydrogen-bond acceptors (Lipinski definition) is 7. The number of sulfone groups is 1. The van der Waals surface area contributed by atoms with Gasteiger partial charge in [0.1, 0.15) is 17.5 Å². The van der Waals surface area contributed by atoms with E-state index in [0.717, 1.165) is 5.56 Å². The number of aryl methyl sites for hydroxylation is 1. The van der Waals surface area contributed by atoms with Crippen LogP contribution < -0.4 is 5.32 Å². The Balaban J connectivity index is 1.41. The predicted molar refractivity (Wildman–Crippen MR) is 141 cm³/mol. The molecule has 4 rings (SSSR count). The molecule has 11 heteroatoms. The van der Waals surface area contributed by atoms with E-state index in [-0.39, 0.29) is 30.9 Å². The van der Waals surface area contributed by atoms with Crippen molar-refractivity contribution in [1.82, 2.24) is 10.2 Å². The van der Waals surface area contributed by atoms with E-state index in [4.69, 9.17) is 9.47 Å². The lowest BCUT2D eigenvalue weighted by Crippen LogP contribution is -2.48. The Labute approximate surface area is 227 Å². The van der Waals surface area contributed by atoms with Gasteiger partial charge in [0.25, 0.3) is 5.91 Å². The summed E-state index contributed by atoms with van der Waals surface area (Å²) >= 11 is 0. The zero-order chi connectivity index (χ0) is 28.4. The quantitative estimate of drug-likeness (QED) is 0.597. The summed E-state index contributed by atoms with van der Waals surface area (Å²) in [5.74, 6) is -1.04. The number of nitrogens with one attached hydrogen (secondary N) is 1. The van der Waals surface area contributed by atoms with Crippen molar-refractivity contribution in [3.05, 3.63) is 53.3 Å². The summed E-state index contributed by atoms with van der Waals surface area (Å²) in [6, 6.07) is 10.5. The van der Waals surface area contributed by atoms with E-state index in [2.05, 4.69) is 5.32 Å². The van der Waals surface area contributed by atoms with Crippen LogP contribution in [0, 0.1) is 17.1 Å². The average Bonchev–Trinajstić information content (AvgIpc) is 3.03. The van der Waals surface area contributed by atoms with Gasteiger partial charge in [-0.1, -0.05) is 18.2 Å². The molecule has 0 unspecified atom stereocenters. The highest BCUT2D eigenvalue weighted by Crippen LogP contribution is 2.31. The van der Waals surface area contributed by atoms with Crippen molar-refractivity contribution in [3.8, 4) is 17.2 Å². The highest BCUT2D eigenvalue weighted by Gasteiger charge is 2.31. The van der Waals surface area contributed by atoms with Crippen molar-refractivity contribution in [2.75, 3.05) is 25.4 Å². The molecule has 0 saturated carbocycles. The first-order chi connectivity index (χ1) is 18.4. The van der Waals surface area contributed by atoms with Crippen LogP contribution in [0.3, 0.4) is 0 Å². The Morgan fingerprint density at radius 2 is 1.95 bits per heavy atom. The summed E-state index contributed by atoms with van der Waals surface area (Å²) in [4.78, 5) is 27.2. The monoisotopic (exact) mass is 557 g/mol. The molecule has 1 N–H and O–H groups in total. The van der Waals surface area contributed by atoms with E-state index in [1.165, 1.54) is 11.0 Å². The van der Waals surface area contributed by atoms with Gasteiger partial charge in [-0.2, -0.15) is 5.26 Å². The molecule has 0 aliphatic carbocycles. The summed E-state index contributed by atoms with van der Waals surface area (Å²) in [7, 11) is -3.24.